The van der Waals surface area contributed by atoms with Crippen LogP contribution in [0.5, 0.6) is 0 Å². The molecule has 8 heteroatoms. The van der Waals surface area contributed by atoms with E-state index in [9.17, 15) is 19.2 Å². The molecular weight excluding hydrogens is 451 g/mol. The normalized spacial score (nSPS) is 32.7. The van der Waals surface area contributed by atoms with E-state index in [1.807, 2.05) is 12.2 Å². The van der Waals surface area contributed by atoms with Crippen molar-refractivity contribution in [3.8, 4) is 0 Å². The molecule has 3 aliphatic carbocycles. The van der Waals surface area contributed by atoms with E-state index in [1.165, 1.54) is 0 Å². The van der Waals surface area contributed by atoms with Crippen molar-refractivity contribution >= 4 is 58.2 Å². The molecule has 6 nitrogen and oxygen atoms in total. The second kappa shape index (κ2) is 6.77. The molecule has 7 rings (SSSR count). The summed E-state index contributed by atoms with van der Waals surface area (Å²) in [5.74, 6) is -5.35. The van der Waals surface area contributed by atoms with E-state index in [4.69, 9.17) is 23.2 Å². The lowest BCUT2D eigenvalue weighted by atomic mass is 9.54. The van der Waals surface area contributed by atoms with E-state index in [0.717, 1.165) is 9.80 Å². The summed E-state index contributed by atoms with van der Waals surface area (Å²) < 4.78 is 0. The van der Waals surface area contributed by atoms with Gasteiger partial charge in [-0.3, -0.25) is 19.2 Å². The topological polar surface area (TPSA) is 74.8 Å². The Balaban J connectivity index is 1.43. The number of rotatable bonds is 2. The van der Waals surface area contributed by atoms with Gasteiger partial charge in [-0.15, -0.1) is 0 Å². The van der Waals surface area contributed by atoms with Crippen LogP contribution >= 0.6 is 23.2 Å². The number of anilines is 2. The Bertz CT molecular complexity index is 1120. The zero-order chi connectivity index (χ0) is 22.3. The molecule has 4 amide bonds. The minimum atomic E-state index is -0.696. The predicted octanol–water partition coefficient (Wildman–Crippen LogP) is 3.72. The number of imide groups is 2. The minimum Gasteiger partial charge on any atom is -0.274 e. The Hall–Kier alpha value is -2.96. The molecule has 2 unspecified atom stereocenters. The van der Waals surface area contributed by atoms with Gasteiger partial charge >= 0.3 is 0 Å². The SMILES string of the molecule is O=C1[C@@H]2C3C=CC([C@@H]2C(=O)N1c1ccccc1Cl)[C@@H]1C(=O)N(c2ccccc2Cl)C(=O)[C@@H]31. The first kappa shape index (κ1) is 19.7. The predicted molar refractivity (Wildman–Crippen MR) is 118 cm³/mol. The van der Waals surface area contributed by atoms with E-state index < -0.39 is 35.5 Å². The van der Waals surface area contributed by atoms with Gasteiger partial charge in [-0.05, 0) is 24.3 Å². The van der Waals surface area contributed by atoms with Crippen molar-refractivity contribution in [2.75, 3.05) is 9.80 Å². The van der Waals surface area contributed by atoms with E-state index in [-0.39, 0.29) is 23.6 Å². The third-order valence-corrected chi connectivity index (χ3v) is 7.84. The second-order valence-corrected chi connectivity index (χ2v) is 9.38. The number of amides is 4. The summed E-state index contributed by atoms with van der Waals surface area (Å²) in [6, 6.07) is 13.4. The van der Waals surface area contributed by atoms with E-state index in [1.54, 1.807) is 48.5 Å². The highest BCUT2D eigenvalue weighted by Gasteiger charge is 2.69. The summed E-state index contributed by atoms with van der Waals surface area (Å²) in [6.07, 6.45) is 3.66. The Morgan fingerprint density at radius 3 is 1.16 bits per heavy atom. The summed E-state index contributed by atoms with van der Waals surface area (Å²) in [7, 11) is 0. The van der Waals surface area contributed by atoms with Crippen LogP contribution in [-0.4, -0.2) is 23.6 Å². The third-order valence-electron chi connectivity index (χ3n) is 7.20. The fourth-order valence-corrected chi connectivity index (χ4v) is 6.41. The summed E-state index contributed by atoms with van der Waals surface area (Å²) in [6.45, 7) is 0. The number of para-hydroxylation sites is 2. The highest BCUT2D eigenvalue weighted by atomic mass is 35.5. The molecular formula is C24H16Cl2N2O4. The maximum atomic E-state index is 13.5. The minimum absolute atomic E-state index is 0.297. The van der Waals surface area contributed by atoms with E-state index in [0.29, 0.717) is 21.4 Å². The second-order valence-electron chi connectivity index (χ2n) is 8.57. The number of halogens is 2. The van der Waals surface area contributed by atoms with Gasteiger partial charge in [0.2, 0.25) is 23.6 Å². The lowest BCUT2D eigenvalue weighted by Gasteiger charge is -2.44. The molecule has 2 heterocycles. The molecule has 0 aromatic heterocycles. The summed E-state index contributed by atoms with van der Waals surface area (Å²) >= 11 is 12.6. The molecule has 5 aliphatic rings. The molecule has 32 heavy (non-hydrogen) atoms. The van der Waals surface area contributed by atoms with Gasteiger partial charge < -0.3 is 0 Å². The zero-order valence-electron chi connectivity index (χ0n) is 16.5. The van der Waals surface area contributed by atoms with Crippen molar-refractivity contribution in [1.29, 1.82) is 0 Å². The van der Waals surface area contributed by atoms with Crippen molar-refractivity contribution in [2.24, 2.45) is 35.5 Å². The third kappa shape index (κ3) is 2.37. The summed E-state index contributed by atoms with van der Waals surface area (Å²) in [4.78, 5) is 56.1. The van der Waals surface area contributed by atoms with E-state index in [2.05, 4.69) is 0 Å². The Morgan fingerprint density at radius 2 is 0.844 bits per heavy atom. The van der Waals surface area contributed by atoms with Crippen LogP contribution < -0.4 is 9.80 Å². The molecule has 2 bridgehead atoms. The smallest absolute Gasteiger partial charge is 0.238 e. The maximum Gasteiger partial charge on any atom is 0.238 e. The molecule has 0 spiro atoms. The molecule has 0 radical (unpaired) electrons. The number of allylic oxidation sites excluding steroid dienone is 2. The van der Waals surface area contributed by atoms with Crippen molar-refractivity contribution in [3.63, 3.8) is 0 Å². The molecule has 3 fully saturated rings. The highest BCUT2D eigenvalue weighted by Crippen LogP contribution is 2.59. The Labute approximate surface area is 193 Å². The molecule has 6 atom stereocenters. The van der Waals surface area contributed by atoms with Crippen LogP contribution in [-0.2, 0) is 19.2 Å². The van der Waals surface area contributed by atoms with Crippen molar-refractivity contribution in [1.82, 2.24) is 0 Å². The lowest BCUT2D eigenvalue weighted by molar-refractivity contribution is -0.137. The van der Waals surface area contributed by atoms with Crippen LogP contribution in [0.1, 0.15) is 0 Å². The van der Waals surface area contributed by atoms with Crippen LogP contribution in [0, 0.1) is 35.5 Å². The van der Waals surface area contributed by atoms with Crippen LogP contribution in [0.15, 0.2) is 60.7 Å². The quantitative estimate of drug-likeness (QED) is 0.499. The maximum absolute atomic E-state index is 13.5. The van der Waals surface area contributed by atoms with Gasteiger partial charge in [-0.2, -0.15) is 0 Å². The number of hydrogen-bond acceptors (Lipinski definition) is 4. The molecule has 160 valence electrons. The van der Waals surface area contributed by atoms with Gasteiger partial charge in [-0.25, -0.2) is 9.80 Å². The van der Waals surface area contributed by atoms with Crippen molar-refractivity contribution in [2.45, 2.75) is 0 Å². The lowest BCUT2D eigenvalue weighted by Crippen LogP contribution is -2.50. The van der Waals surface area contributed by atoms with Crippen LogP contribution in [0.3, 0.4) is 0 Å². The molecule has 2 aromatic carbocycles. The van der Waals surface area contributed by atoms with E-state index >= 15 is 0 Å². The van der Waals surface area contributed by atoms with Crippen LogP contribution in [0.4, 0.5) is 11.4 Å². The molecule has 2 saturated heterocycles. The van der Waals surface area contributed by atoms with Gasteiger partial charge in [0.05, 0.1) is 45.1 Å². The number of nitrogens with zero attached hydrogens (tertiary/aromatic N) is 2. The van der Waals surface area contributed by atoms with Gasteiger partial charge in [0.1, 0.15) is 0 Å². The standard InChI is InChI=1S/C24H16Cl2N2O4/c25-13-5-1-3-7-15(13)27-21(29)17-11-9-10-12(18(17)22(27)30)20-19(11)23(31)28(24(20)32)16-8-4-2-6-14(16)26/h1-12,17-20H/t11?,12?,17-,18-,19-,20+/m0/s1. The molecule has 1 saturated carbocycles. The Morgan fingerprint density at radius 1 is 0.531 bits per heavy atom. The highest BCUT2D eigenvalue weighted by molar-refractivity contribution is 6.37. The van der Waals surface area contributed by atoms with Crippen molar-refractivity contribution in [3.05, 3.63) is 70.7 Å². The number of carbonyl (C=O) groups excluding carboxylic acids is 4. The number of hydrogen-bond donors (Lipinski definition) is 0. The Kier molecular flexibility index (Phi) is 4.17. The summed E-state index contributed by atoms with van der Waals surface area (Å²) in [5, 5.41) is 0.593. The largest absolute Gasteiger partial charge is 0.274 e. The van der Waals surface area contributed by atoms with Crippen molar-refractivity contribution < 1.29 is 19.2 Å². The van der Waals surface area contributed by atoms with Gasteiger partial charge in [-0.1, -0.05) is 59.6 Å². The fourth-order valence-electron chi connectivity index (χ4n) is 5.97. The van der Waals surface area contributed by atoms with Gasteiger partial charge in [0.25, 0.3) is 0 Å². The summed E-state index contributed by atoms with van der Waals surface area (Å²) in [5.41, 5.74) is 0.664. The van der Waals surface area contributed by atoms with Crippen LogP contribution in [0.25, 0.3) is 0 Å². The number of benzene rings is 2. The van der Waals surface area contributed by atoms with Gasteiger partial charge in [0.15, 0.2) is 0 Å². The fraction of sp³-hybridized carbons (Fsp3) is 0.250. The zero-order valence-corrected chi connectivity index (χ0v) is 18.0. The first-order valence-electron chi connectivity index (χ1n) is 10.3. The molecule has 2 aromatic rings. The monoisotopic (exact) mass is 466 g/mol. The average molecular weight is 467 g/mol. The number of carbonyl (C=O) groups is 4. The molecule has 2 aliphatic heterocycles. The first-order valence-corrected chi connectivity index (χ1v) is 11.1. The van der Waals surface area contributed by atoms with Crippen LogP contribution in [0.2, 0.25) is 10.0 Å². The first-order chi connectivity index (χ1) is 15.4. The van der Waals surface area contributed by atoms with Gasteiger partial charge in [0, 0.05) is 11.8 Å². The average Bonchev–Trinajstić information content (AvgIpc) is 3.22. The molecule has 0 N–H and O–H groups in total.